The number of carbonyl (C=O) groups excluding carboxylic acids is 3. The number of piperidine rings is 2. The van der Waals surface area contributed by atoms with Gasteiger partial charge in [-0.3, -0.25) is 14.3 Å². The standard InChI is InChI=1S/C39H56F3N7O7S2/c1-38(2,3)56-37(53)46-18-9-26(10-19-46)36(52)43-14-21-57-33-22-27(7-8-31(33)39(40,41)42)35-30-25-47(58(4,54)55)20-13-32(30)49(44-35)24-29(50)23-45-16-11-28(12-17-45)48-15-5-6-34(48)51/h7-8,22,26,28-29,50H,5-6,9-21,23-25H2,1-4H3,(H,43,52). The number of hydrogen-bond acceptors (Lipinski definition) is 10. The van der Waals surface area contributed by atoms with Crippen LogP contribution in [0.1, 0.15) is 76.1 Å². The number of thioether (sulfide) groups is 1. The molecule has 0 saturated carbocycles. The molecule has 2 aromatic rings. The topological polar surface area (TPSA) is 158 Å². The van der Waals surface area contributed by atoms with Gasteiger partial charge in [-0.2, -0.15) is 22.6 Å². The van der Waals surface area contributed by atoms with Crippen LogP contribution in [0.15, 0.2) is 23.1 Å². The van der Waals surface area contributed by atoms with Crippen molar-refractivity contribution in [1.29, 1.82) is 0 Å². The lowest BCUT2D eigenvalue weighted by atomic mass is 9.96. The first-order valence-corrected chi connectivity index (χ1v) is 22.9. The molecule has 3 amide bonds. The summed E-state index contributed by atoms with van der Waals surface area (Å²) in [6, 6.07) is 3.98. The monoisotopic (exact) mass is 855 g/mol. The third kappa shape index (κ3) is 11.1. The van der Waals surface area contributed by atoms with Gasteiger partial charge in [0.15, 0.2) is 0 Å². The summed E-state index contributed by atoms with van der Waals surface area (Å²) < 4.78 is 76.5. The Balaban J connectivity index is 1.12. The summed E-state index contributed by atoms with van der Waals surface area (Å²) in [5.41, 5.74) is 0.591. The van der Waals surface area contributed by atoms with E-state index in [0.717, 1.165) is 68.7 Å². The van der Waals surface area contributed by atoms with Crippen LogP contribution >= 0.6 is 11.8 Å². The highest BCUT2D eigenvalue weighted by Crippen LogP contribution is 2.40. The van der Waals surface area contributed by atoms with Gasteiger partial charge < -0.3 is 29.9 Å². The summed E-state index contributed by atoms with van der Waals surface area (Å²) in [6.07, 6.45) is -0.406. The van der Waals surface area contributed by atoms with Crippen LogP contribution in [0.5, 0.6) is 0 Å². The van der Waals surface area contributed by atoms with Crippen LogP contribution in [0.2, 0.25) is 0 Å². The molecule has 4 aliphatic heterocycles. The number of aliphatic hydroxyl groups excluding tert-OH is 1. The van der Waals surface area contributed by atoms with E-state index in [-0.39, 0.29) is 60.6 Å². The summed E-state index contributed by atoms with van der Waals surface area (Å²) in [6.45, 7) is 9.18. The van der Waals surface area contributed by atoms with Crippen LogP contribution in [0.25, 0.3) is 11.3 Å². The molecule has 3 fully saturated rings. The van der Waals surface area contributed by atoms with Gasteiger partial charge >= 0.3 is 12.3 Å². The number of rotatable bonds is 12. The van der Waals surface area contributed by atoms with Crippen molar-refractivity contribution in [3.8, 4) is 11.3 Å². The molecule has 5 heterocycles. The molecule has 1 atom stereocenters. The highest BCUT2D eigenvalue weighted by atomic mass is 32.2. The predicted octanol–water partition coefficient (Wildman–Crippen LogP) is 4.19. The second kappa shape index (κ2) is 18.1. The maximum atomic E-state index is 14.3. The van der Waals surface area contributed by atoms with Crippen molar-refractivity contribution < 1.29 is 45.8 Å². The van der Waals surface area contributed by atoms with E-state index in [0.29, 0.717) is 62.1 Å². The zero-order valence-corrected chi connectivity index (χ0v) is 35.4. The Labute approximate surface area is 342 Å². The van der Waals surface area contributed by atoms with Crippen LogP contribution in [-0.2, 0) is 50.0 Å². The minimum Gasteiger partial charge on any atom is -0.444 e. The molecule has 0 aliphatic carbocycles. The van der Waals surface area contributed by atoms with Crippen molar-refractivity contribution in [2.75, 3.05) is 64.4 Å². The van der Waals surface area contributed by atoms with Crippen LogP contribution in [0, 0.1) is 5.92 Å². The van der Waals surface area contributed by atoms with Gasteiger partial charge in [-0.25, -0.2) is 13.2 Å². The molecule has 1 aromatic heterocycles. The number of fused-ring (bicyclic) bond motifs is 1. The Morgan fingerprint density at radius 3 is 2.34 bits per heavy atom. The van der Waals surface area contributed by atoms with E-state index < -0.39 is 39.6 Å². The number of ether oxygens (including phenoxy) is 1. The minimum absolute atomic E-state index is 0.00540. The number of nitrogens with one attached hydrogen (secondary N) is 1. The maximum absolute atomic E-state index is 14.3. The number of aliphatic hydroxyl groups is 1. The van der Waals surface area contributed by atoms with E-state index in [2.05, 4.69) is 10.2 Å². The second-order valence-electron chi connectivity index (χ2n) is 16.8. The lowest BCUT2D eigenvalue weighted by Crippen LogP contribution is -2.47. The van der Waals surface area contributed by atoms with E-state index in [1.54, 1.807) is 30.4 Å². The molecule has 58 heavy (non-hydrogen) atoms. The molecule has 19 heteroatoms. The molecule has 0 spiro atoms. The summed E-state index contributed by atoms with van der Waals surface area (Å²) in [4.78, 5) is 43.3. The highest BCUT2D eigenvalue weighted by Gasteiger charge is 2.36. The normalized spacial score (nSPS) is 20.0. The Hall–Kier alpha value is -3.39. The number of nitrogens with zero attached hydrogens (tertiary/aromatic N) is 6. The van der Waals surface area contributed by atoms with E-state index in [1.165, 1.54) is 16.4 Å². The van der Waals surface area contributed by atoms with Gasteiger partial charge in [0.2, 0.25) is 21.8 Å². The largest absolute Gasteiger partial charge is 0.444 e. The predicted molar refractivity (Wildman–Crippen MR) is 212 cm³/mol. The Bertz CT molecular complexity index is 1920. The van der Waals surface area contributed by atoms with Crippen molar-refractivity contribution in [3.63, 3.8) is 0 Å². The van der Waals surface area contributed by atoms with Crippen LogP contribution in [0.4, 0.5) is 18.0 Å². The highest BCUT2D eigenvalue weighted by molar-refractivity contribution is 7.99. The molecule has 1 unspecified atom stereocenters. The van der Waals surface area contributed by atoms with E-state index >= 15 is 0 Å². The van der Waals surface area contributed by atoms with Crippen LogP contribution < -0.4 is 5.32 Å². The fourth-order valence-corrected chi connectivity index (χ4v) is 10.1. The smallest absolute Gasteiger partial charge is 0.417 e. The van der Waals surface area contributed by atoms with Gasteiger partial charge in [0.1, 0.15) is 5.60 Å². The second-order valence-corrected chi connectivity index (χ2v) is 19.9. The van der Waals surface area contributed by atoms with Crippen molar-refractivity contribution in [3.05, 3.63) is 35.0 Å². The quantitative estimate of drug-likeness (QED) is 0.235. The molecule has 3 saturated heterocycles. The Morgan fingerprint density at radius 2 is 1.72 bits per heavy atom. The first kappa shape index (κ1) is 44.2. The molecule has 0 radical (unpaired) electrons. The summed E-state index contributed by atoms with van der Waals surface area (Å²) in [5.74, 6) is -0.183. The van der Waals surface area contributed by atoms with Gasteiger partial charge in [-0.05, 0) is 65.0 Å². The van der Waals surface area contributed by atoms with Gasteiger partial charge in [-0.1, -0.05) is 6.07 Å². The molecule has 2 N–H and O–H groups in total. The lowest BCUT2D eigenvalue weighted by Gasteiger charge is -2.37. The number of β-amino-alcohol motifs (C(OH)–C–C–N with tert-alkyl or cyclic N) is 1. The fourth-order valence-electron chi connectivity index (χ4n) is 8.31. The third-order valence-electron chi connectivity index (χ3n) is 11.3. The van der Waals surface area contributed by atoms with Crippen molar-refractivity contribution in [1.82, 2.24) is 34.1 Å². The van der Waals surface area contributed by atoms with Crippen molar-refractivity contribution in [2.45, 2.75) is 108 Å². The van der Waals surface area contributed by atoms with Crippen LogP contribution in [0.3, 0.4) is 0 Å². The summed E-state index contributed by atoms with van der Waals surface area (Å²) in [5, 5.41) is 18.9. The molecule has 1 aromatic carbocycles. The SMILES string of the molecule is CC(C)(C)OC(=O)N1CCC(C(=O)NCCSc2cc(-c3nn(CC(O)CN4CCC(N5CCCC5=O)CC4)c4c3CN(S(C)(=O)=O)CC4)ccc2C(F)(F)F)CC1. The molecule has 6 rings (SSSR count). The number of alkyl halides is 3. The fraction of sp³-hybridized carbons (Fsp3) is 0.692. The van der Waals surface area contributed by atoms with Crippen molar-refractivity contribution in [2.24, 2.45) is 5.92 Å². The van der Waals surface area contributed by atoms with Gasteiger partial charge in [-0.15, -0.1) is 11.8 Å². The number of sulfonamides is 1. The number of amides is 3. The summed E-state index contributed by atoms with van der Waals surface area (Å²) >= 11 is 0.956. The molecule has 14 nitrogen and oxygen atoms in total. The molecular formula is C39H56F3N7O7S2. The average Bonchev–Trinajstić information content (AvgIpc) is 3.74. The lowest BCUT2D eigenvalue weighted by molar-refractivity contribution is -0.139. The molecule has 322 valence electrons. The first-order valence-electron chi connectivity index (χ1n) is 20.1. The minimum atomic E-state index is -4.65. The van der Waals surface area contributed by atoms with Gasteiger partial charge in [0.25, 0.3) is 0 Å². The number of likely N-dealkylation sites (tertiary alicyclic amines) is 3. The van der Waals surface area contributed by atoms with Crippen LogP contribution in [-0.4, -0.2) is 142 Å². The molecular weight excluding hydrogens is 800 g/mol. The number of halogens is 3. The van der Waals surface area contributed by atoms with E-state index in [9.17, 15) is 41.1 Å². The summed E-state index contributed by atoms with van der Waals surface area (Å²) in [7, 11) is -3.59. The Kier molecular flexibility index (Phi) is 13.8. The van der Waals surface area contributed by atoms with Gasteiger partial charge in [0, 0.05) is 111 Å². The van der Waals surface area contributed by atoms with Crippen molar-refractivity contribution >= 4 is 39.7 Å². The molecule has 4 aliphatic rings. The zero-order chi connectivity index (χ0) is 42.0. The average molecular weight is 856 g/mol. The van der Waals surface area contributed by atoms with Gasteiger partial charge in [0.05, 0.1) is 30.2 Å². The maximum Gasteiger partial charge on any atom is 0.417 e. The van der Waals surface area contributed by atoms with E-state index in [1.807, 2.05) is 4.90 Å². The number of aromatic nitrogens is 2. The van der Waals surface area contributed by atoms with E-state index in [4.69, 9.17) is 9.84 Å². The molecule has 0 bridgehead atoms. The Morgan fingerprint density at radius 1 is 1.02 bits per heavy atom. The number of hydrogen-bond donors (Lipinski definition) is 2. The third-order valence-corrected chi connectivity index (χ3v) is 13.6. The number of benzene rings is 1. The first-order chi connectivity index (χ1) is 27.3. The number of carbonyl (C=O) groups is 3. The zero-order valence-electron chi connectivity index (χ0n) is 33.7.